The Morgan fingerprint density at radius 2 is 1.86 bits per heavy atom. The van der Waals surface area contributed by atoms with Gasteiger partial charge in [-0.05, 0) is 42.3 Å². The van der Waals surface area contributed by atoms with Crippen LogP contribution in [-0.2, 0) is 25.5 Å². The number of nitrogens with one attached hydrogen (secondary N) is 1. The van der Waals surface area contributed by atoms with Gasteiger partial charge in [-0.1, -0.05) is 24.3 Å². The Labute approximate surface area is 129 Å². The molecule has 0 unspecified atom stereocenters. The molecule has 0 bridgehead atoms. The number of allylic oxidation sites excluding steroid dienone is 2. The van der Waals surface area contributed by atoms with E-state index in [1.807, 2.05) is 12.1 Å². The van der Waals surface area contributed by atoms with Gasteiger partial charge in [-0.2, -0.15) is 0 Å². The van der Waals surface area contributed by atoms with Crippen LogP contribution in [0, 0.1) is 0 Å². The first-order chi connectivity index (χ1) is 10.7. The molecule has 0 aliphatic heterocycles. The van der Waals surface area contributed by atoms with Crippen LogP contribution >= 0.6 is 0 Å². The molecule has 1 aromatic carbocycles. The number of hydrogen-bond donors (Lipinski definition) is 1. The van der Waals surface area contributed by atoms with Gasteiger partial charge in [0.2, 0.25) is 0 Å². The second-order valence-electron chi connectivity index (χ2n) is 4.88. The molecule has 0 radical (unpaired) electrons. The molecule has 0 saturated heterocycles. The lowest BCUT2D eigenvalue weighted by molar-refractivity contribution is -0.144. The average Bonchev–Trinajstić information content (AvgIpc) is 2.97. The Balaban J connectivity index is 2.01. The van der Waals surface area contributed by atoms with E-state index in [0.717, 1.165) is 12.8 Å². The molecule has 2 rings (SSSR count). The van der Waals surface area contributed by atoms with E-state index in [2.05, 4.69) is 26.9 Å². The maximum atomic E-state index is 11.5. The van der Waals surface area contributed by atoms with Crippen molar-refractivity contribution in [3.8, 4) is 0 Å². The molecule has 5 heteroatoms. The van der Waals surface area contributed by atoms with Gasteiger partial charge in [0.1, 0.15) is 5.57 Å². The van der Waals surface area contributed by atoms with Crippen molar-refractivity contribution in [2.24, 2.45) is 0 Å². The SMILES string of the molecule is COC(=O)C(=C/C=C/N[C@@H]1CCc2ccccc21)C(=O)OC. The van der Waals surface area contributed by atoms with Gasteiger partial charge < -0.3 is 14.8 Å². The molecule has 1 aliphatic rings. The van der Waals surface area contributed by atoms with Gasteiger partial charge >= 0.3 is 11.9 Å². The zero-order chi connectivity index (χ0) is 15.9. The third-order valence-corrected chi connectivity index (χ3v) is 3.60. The number of rotatable bonds is 5. The predicted octanol–water partition coefficient (Wildman–Crippen LogP) is 2.05. The summed E-state index contributed by atoms with van der Waals surface area (Å²) in [7, 11) is 2.44. The summed E-state index contributed by atoms with van der Waals surface area (Å²) < 4.78 is 9.10. The molecule has 1 atom stereocenters. The summed E-state index contributed by atoms with van der Waals surface area (Å²) in [6.07, 6.45) is 6.77. The van der Waals surface area contributed by atoms with E-state index in [4.69, 9.17) is 0 Å². The Hall–Kier alpha value is -2.56. The average molecular weight is 301 g/mol. The van der Waals surface area contributed by atoms with Crippen LogP contribution in [0.2, 0.25) is 0 Å². The molecule has 116 valence electrons. The third-order valence-electron chi connectivity index (χ3n) is 3.60. The van der Waals surface area contributed by atoms with Gasteiger partial charge in [0.05, 0.1) is 20.3 Å². The lowest BCUT2D eigenvalue weighted by atomic mass is 10.1. The molecular weight excluding hydrogens is 282 g/mol. The van der Waals surface area contributed by atoms with Crippen molar-refractivity contribution in [3.05, 3.63) is 59.3 Å². The van der Waals surface area contributed by atoms with Crippen LogP contribution in [-0.4, -0.2) is 26.2 Å². The lowest BCUT2D eigenvalue weighted by Crippen LogP contribution is -2.16. The normalized spacial score (nSPS) is 16.0. The van der Waals surface area contributed by atoms with Crippen molar-refractivity contribution in [1.29, 1.82) is 0 Å². The number of aryl methyl sites for hydroxylation is 1. The monoisotopic (exact) mass is 301 g/mol. The van der Waals surface area contributed by atoms with Gasteiger partial charge in [0, 0.05) is 0 Å². The van der Waals surface area contributed by atoms with E-state index in [9.17, 15) is 9.59 Å². The summed E-state index contributed by atoms with van der Waals surface area (Å²) in [6.45, 7) is 0. The lowest BCUT2D eigenvalue weighted by Gasteiger charge is -2.11. The Kier molecular flexibility index (Phi) is 5.36. The minimum absolute atomic E-state index is 0.144. The molecule has 5 nitrogen and oxygen atoms in total. The highest BCUT2D eigenvalue weighted by Crippen LogP contribution is 2.30. The first-order valence-corrected chi connectivity index (χ1v) is 7.04. The number of hydrogen-bond acceptors (Lipinski definition) is 5. The fraction of sp³-hybridized carbons (Fsp3) is 0.294. The molecule has 0 heterocycles. The van der Waals surface area contributed by atoms with Crippen molar-refractivity contribution in [1.82, 2.24) is 5.32 Å². The van der Waals surface area contributed by atoms with Crippen LogP contribution in [0.25, 0.3) is 0 Å². The van der Waals surface area contributed by atoms with E-state index in [1.165, 1.54) is 31.4 Å². The van der Waals surface area contributed by atoms with E-state index >= 15 is 0 Å². The number of ether oxygens (including phenoxy) is 2. The molecule has 0 saturated carbocycles. The summed E-state index contributed by atoms with van der Waals surface area (Å²) in [5.41, 5.74) is 2.50. The molecular formula is C17H19NO4. The van der Waals surface area contributed by atoms with Crippen molar-refractivity contribution in [3.63, 3.8) is 0 Å². The number of fused-ring (bicyclic) bond motifs is 1. The van der Waals surface area contributed by atoms with Gasteiger partial charge in [0.15, 0.2) is 0 Å². The van der Waals surface area contributed by atoms with Crippen LogP contribution in [0.15, 0.2) is 48.2 Å². The van der Waals surface area contributed by atoms with Gasteiger partial charge in [-0.25, -0.2) is 9.59 Å². The number of carbonyl (C=O) groups excluding carboxylic acids is 2. The van der Waals surface area contributed by atoms with Gasteiger partial charge in [-0.3, -0.25) is 0 Å². The minimum atomic E-state index is -0.720. The summed E-state index contributed by atoms with van der Waals surface area (Å²) in [6, 6.07) is 8.56. The fourth-order valence-corrected chi connectivity index (χ4v) is 2.49. The molecule has 1 aliphatic carbocycles. The Morgan fingerprint density at radius 1 is 1.18 bits per heavy atom. The summed E-state index contributed by atoms with van der Waals surface area (Å²) in [5.74, 6) is -1.44. The number of benzene rings is 1. The fourth-order valence-electron chi connectivity index (χ4n) is 2.49. The first kappa shape index (κ1) is 15.8. The van der Waals surface area contributed by atoms with Crippen molar-refractivity contribution >= 4 is 11.9 Å². The molecule has 0 aromatic heterocycles. The second kappa shape index (κ2) is 7.45. The topological polar surface area (TPSA) is 64.6 Å². The summed E-state index contributed by atoms with van der Waals surface area (Å²) in [5, 5.41) is 3.28. The predicted molar refractivity (Wildman–Crippen MR) is 81.9 cm³/mol. The number of methoxy groups -OCH3 is 2. The van der Waals surface area contributed by atoms with Crippen molar-refractivity contribution in [2.45, 2.75) is 18.9 Å². The molecule has 22 heavy (non-hydrogen) atoms. The molecule has 0 fully saturated rings. The highest BCUT2D eigenvalue weighted by Gasteiger charge is 2.20. The number of esters is 2. The van der Waals surface area contributed by atoms with Crippen molar-refractivity contribution in [2.75, 3.05) is 14.2 Å². The molecule has 0 amide bonds. The van der Waals surface area contributed by atoms with Crippen LogP contribution < -0.4 is 5.32 Å². The van der Waals surface area contributed by atoms with Crippen LogP contribution in [0.4, 0.5) is 0 Å². The molecule has 1 N–H and O–H groups in total. The van der Waals surface area contributed by atoms with E-state index in [0.29, 0.717) is 0 Å². The maximum absolute atomic E-state index is 11.5. The second-order valence-corrected chi connectivity index (χ2v) is 4.88. The van der Waals surface area contributed by atoms with Crippen molar-refractivity contribution < 1.29 is 19.1 Å². The largest absolute Gasteiger partial charge is 0.465 e. The molecule has 1 aromatic rings. The van der Waals surface area contributed by atoms with Crippen LogP contribution in [0.5, 0.6) is 0 Å². The summed E-state index contributed by atoms with van der Waals surface area (Å²) >= 11 is 0. The van der Waals surface area contributed by atoms with Crippen LogP contribution in [0.1, 0.15) is 23.6 Å². The summed E-state index contributed by atoms with van der Waals surface area (Å²) in [4.78, 5) is 23.0. The zero-order valence-electron chi connectivity index (χ0n) is 12.7. The Bertz CT molecular complexity index is 601. The van der Waals surface area contributed by atoms with Gasteiger partial charge in [0.25, 0.3) is 0 Å². The smallest absolute Gasteiger partial charge is 0.345 e. The van der Waals surface area contributed by atoms with Crippen LogP contribution in [0.3, 0.4) is 0 Å². The maximum Gasteiger partial charge on any atom is 0.345 e. The Morgan fingerprint density at radius 3 is 2.55 bits per heavy atom. The number of carbonyl (C=O) groups is 2. The van der Waals surface area contributed by atoms with E-state index in [1.54, 1.807) is 12.3 Å². The van der Waals surface area contributed by atoms with E-state index in [-0.39, 0.29) is 11.6 Å². The quantitative estimate of drug-likeness (QED) is 0.296. The van der Waals surface area contributed by atoms with Gasteiger partial charge in [-0.15, -0.1) is 0 Å². The zero-order valence-corrected chi connectivity index (χ0v) is 12.7. The van der Waals surface area contributed by atoms with E-state index < -0.39 is 11.9 Å². The highest BCUT2D eigenvalue weighted by atomic mass is 16.5. The molecule has 0 spiro atoms. The highest BCUT2D eigenvalue weighted by molar-refractivity contribution is 6.14. The standard InChI is InChI=1S/C17H19NO4/c1-21-16(19)14(17(20)22-2)8-5-11-18-15-10-9-12-6-3-4-7-13(12)15/h3-8,11,15,18H,9-10H2,1-2H3/b11-5+/t15-/m1/s1. The first-order valence-electron chi connectivity index (χ1n) is 7.04. The third kappa shape index (κ3) is 3.55. The minimum Gasteiger partial charge on any atom is -0.465 e.